The standard InChI is InChI=1S/C15H14F3N.C2H6/c1-3-15(2,18)11-8-10(16)9-12(17)14(11)13-6-4-5-7-19-13;1-2/h4-9H,3H2,1-2H3;1-2H3. The fraction of sp³-hybridized carbons (Fsp3) is 0.353. The summed E-state index contributed by atoms with van der Waals surface area (Å²) in [6.45, 7) is 6.94. The Morgan fingerprint density at radius 3 is 2.33 bits per heavy atom. The topological polar surface area (TPSA) is 12.9 Å². The summed E-state index contributed by atoms with van der Waals surface area (Å²) in [7, 11) is 0. The summed E-state index contributed by atoms with van der Waals surface area (Å²) in [4.78, 5) is 4.02. The van der Waals surface area contributed by atoms with Gasteiger partial charge in [0.25, 0.3) is 0 Å². The van der Waals surface area contributed by atoms with Crippen LogP contribution in [-0.4, -0.2) is 4.98 Å². The number of pyridine rings is 1. The van der Waals surface area contributed by atoms with Crippen LogP contribution in [0.3, 0.4) is 0 Å². The molecule has 0 amide bonds. The number of rotatable bonds is 3. The zero-order valence-electron chi connectivity index (χ0n) is 12.8. The van der Waals surface area contributed by atoms with E-state index in [0.717, 1.165) is 12.1 Å². The minimum Gasteiger partial charge on any atom is -0.256 e. The summed E-state index contributed by atoms with van der Waals surface area (Å²) in [5.41, 5.74) is -1.50. The number of aromatic nitrogens is 1. The van der Waals surface area contributed by atoms with E-state index >= 15 is 0 Å². The first-order chi connectivity index (χ1) is 9.95. The van der Waals surface area contributed by atoms with Crippen molar-refractivity contribution in [1.29, 1.82) is 0 Å². The molecule has 1 unspecified atom stereocenters. The van der Waals surface area contributed by atoms with Crippen molar-refractivity contribution in [3.63, 3.8) is 0 Å². The maximum Gasteiger partial charge on any atom is 0.135 e. The van der Waals surface area contributed by atoms with Gasteiger partial charge in [0.2, 0.25) is 0 Å². The van der Waals surface area contributed by atoms with Gasteiger partial charge < -0.3 is 0 Å². The molecular weight excluding hydrogens is 275 g/mol. The number of alkyl halides is 1. The highest BCUT2D eigenvalue weighted by atomic mass is 19.1. The summed E-state index contributed by atoms with van der Waals surface area (Å²) >= 11 is 0. The fourth-order valence-corrected chi connectivity index (χ4v) is 1.95. The van der Waals surface area contributed by atoms with Gasteiger partial charge in [0.05, 0.1) is 5.69 Å². The summed E-state index contributed by atoms with van der Waals surface area (Å²) in [6.07, 6.45) is 1.61. The highest BCUT2D eigenvalue weighted by Crippen LogP contribution is 2.38. The first-order valence-corrected chi connectivity index (χ1v) is 7.05. The van der Waals surface area contributed by atoms with Gasteiger partial charge in [0.1, 0.15) is 17.3 Å². The van der Waals surface area contributed by atoms with Crippen LogP contribution in [0.2, 0.25) is 0 Å². The van der Waals surface area contributed by atoms with Crippen molar-refractivity contribution in [1.82, 2.24) is 4.98 Å². The van der Waals surface area contributed by atoms with Crippen LogP contribution >= 0.6 is 0 Å². The van der Waals surface area contributed by atoms with Crippen LogP contribution in [0.15, 0.2) is 36.5 Å². The molecule has 0 radical (unpaired) electrons. The predicted molar refractivity (Wildman–Crippen MR) is 79.7 cm³/mol. The van der Waals surface area contributed by atoms with E-state index in [2.05, 4.69) is 4.98 Å². The Labute approximate surface area is 123 Å². The van der Waals surface area contributed by atoms with E-state index in [9.17, 15) is 13.2 Å². The molecule has 0 spiro atoms. The summed E-state index contributed by atoms with van der Waals surface area (Å²) in [5, 5.41) is 0. The Balaban J connectivity index is 0.00000106. The third-order valence-corrected chi connectivity index (χ3v) is 3.20. The Morgan fingerprint density at radius 1 is 1.14 bits per heavy atom. The number of nitrogens with zero attached hydrogens (tertiary/aromatic N) is 1. The number of hydrogen-bond donors (Lipinski definition) is 0. The van der Waals surface area contributed by atoms with E-state index in [1.54, 1.807) is 25.1 Å². The lowest BCUT2D eigenvalue weighted by atomic mass is 9.89. The molecule has 0 N–H and O–H groups in total. The van der Waals surface area contributed by atoms with E-state index in [-0.39, 0.29) is 17.5 Å². The van der Waals surface area contributed by atoms with Gasteiger partial charge in [0.15, 0.2) is 0 Å². The predicted octanol–water partition coefficient (Wildman–Crippen LogP) is 5.65. The third-order valence-electron chi connectivity index (χ3n) is 3.20. The second-order valence-corrected chi connectivity index (χ2v) is 4.58. The molecule has 0 saturated heterocycles. The van der Waals surface area contributed by atoms with E-state index in [1.165, 1.54) is 13.1 Å². The summed E-state index contributed by atoms with van der Waals surface area (Å²) in [6, 6.07) is 6.72. The SMILES string of the molecule is CC.CCC(C)(F)c1cc(F)cc(F)c1-c1ccccn1. The Bertz CT molecular complexity index is 580. The molecule has 4 heteroatoms. The van der Waals surface area contributed by atoms with Gasteiger partial charge in [-0.25, -0.2) is 13.2 Å². The molecule has 1 heterocycles. The molecule has 1 atom stereocenters. The molecule has 1 aromatic carbocycles. The molecular formula is C17H20F3N. The molecule has 0 aliphatic carbocycles. The van der Waals surface area contributed by atoms with E-state index < -0.39 is 17.3 Å². The molecule has 0 aliphatic rings. The average molecular weight is 295 g/mol. The van der Waals surface area contributed by atoms with Crippen LogP contribution in [-0.2, 0) is 5.67 Å². The zero-order chi connectivity index (χ0) is 16.0. The van der Waals surface area contributed by atoms with E-state index in [4.69, 9.17) is 0 Å². The molecule has 0 bridgehead atoms. The Morgan fingerprint density at radius 2 is 1.81 bits per heavy atom. The molecule has 1 nitrogen and oxygen atoms in total. The van der Waals surface area contributed by atoms with Crippen LogP contribution < -0.4 is 0 Å². The molecule has 0 aliphatic heterocycles. The lowest BCUT2D eigenvalue weighted by Crippen LogP contribution is -2.16. The van der Waals surface area contributed by atoms with E-state index in [1.807, 2.05) is 13.8 Å². The lowest BCUT2D eigenvalue weighted by Gasteiger charge is -2.22. The molecule has 1 aromatic heterocycles. The van der Waals surface area contributed by atoms with Crippen molar-refractivity contribution in [2.45, 2.75) is 39.8 Å². The average Bonchev–Trinajstić information content (AvgIpc) is 2.49. The maximum atomic E-state index is 14.5. The van der Waals surface area contributed by atoms with Crippen molar-refractivity contribution < 1.29 is 13.2 Å². The minimum absolute atomic E-state index is 0.00815. The van der Waals surface area contributed by atoms with Crippen LogP contribution in [0, 0.1) is 11.6 Å². The van der Waals surface area contributed by atoms with Gasteiger partial charge in [-0.2, -0.15) is 0 Å². The Hall–Kier alpha value is -1.84. The van der Waals surface area contributed by atoms with Crippen molar-refractivity contribution in [2.24, 2.45) is 0 Å². The quantitative estimate of drug-likeness (QED) is 0.713. The second-order valence-electron chi connectivity index (χ2n) is 4.58. The maximum absolute atomic E-state index is 14.5. The van der Waals surface area contributed by atoms with Gasteiger partial charge in [-0.1, -0.05) is 26.8 Å². The lowest BCUT2D eigenvalue weighted by molar-refractivity contribution is 0.185. The van der Waals surface area contributed by atoms with Gasteiger partial charge in [-0.3, -0.25) is 4.98 Å². The van der Waals surface area contributed by atoms with Crippen LogP contribution in [0.25, 0.3) is 11.3 Å². The van der Waals surface area contributed by atoms with Crippen molar-refractivity contribution in [3.8, 4) is 11.3 Å². The molecule has 2 aromatic rings. The number of hydrogen-bond acceptors (Lipinski definition) is 1. The molecule has 21 heavy (non-hydrogen) atoms. The highest BCUT2D eigenvalue weighted by Gasteiger charge is 2.30. The van der Waals surface area contributed by atoms with Crippen molar-refractivity contribution in [3.05, 3.63) is 53.7 Å². The van der Waals surface area contributed by atoms with E-state index in [0.29, 0.717) is 5.69 Å². The largest absolute Gasteiger partial charge is 0.256 e. The fourth-order valence-electron chi connectivity index (χ4n) is 1.95. The van der Waals surface area contributed by atoms with Gasteiger partial charge in [-0.15, -0.1) is 0 Å². The molecule has 2 rings (SSSR count). The second kappa shape index (κ2) is 7.25. The smallest absolute Gasteiger partial charge is 0.135 e. The van der Waals surface area contributed by atoms with Crippen molar-refractivity contribution in [2.75, 3.05) is 0 Å². The monoisotopic (exact) mass is 295 g/mol. The van der Waals surface area contributed by atoms with Crippen LogP contribution in [0.4, 0.5) is 13.2 Å². The molecule has 0 fully saturated rings. The first-order valence-electron chi connectivity index (χ1n) is 7.05. The highest BCUT2D eigenvalue weighted by molar-refractivity contribution is 5.65. The normalized spacial score (nSPS) is 13.1. The van der Waals surface area contributed by atoms with Gasteiger partial charge in [-0.05, 0) is 31.5 Å². The first kappa shape index (κ1) is 17.2. The van der Waals surface area contributed by atoms with Crippen LogP contribution in [0.1, 0.15) is 39.7 Å². The Kier molecular flexibility index (Phi) is 5.94. The zero-order valence-corrected chi connectivity index (χ0v) is 12.8. The minimum atomic E-state index is -1.81. The number of benzene rings is 1. The summed E-state index contributed by atoms with van der Waals surface area (Å²) < 4.78 is 41.9. The number of halogens is 3. The van der Waals surface area contributed by atoms with Crippen LogP contribution in [0.5, 0.6) is 0 Å². The van der Waals surface area contributed by atoms with Crippen molar-refractivity contribution >= 4 is 0 Å². The molecule has 0 saturated carbocycles. The third kappa shape index (κ3) is 3.84. The molecule has 114 valence electrons. The van der Waals surface area contributed by atoms with Gasteiger partial charge in [0, 0.05) is 23.4 Å². The van der Waals surface area contributed by atoms with Gasteiger partial charge >= 0.3 is 0 Å². The summed E-state index contributed by atoms with van der Waals surface area (Å²) in [5.74, 6) is -1.59.